The van der Waals surface area contributed by atoms with Crippen LogP contribution in [0.15, 0.2) is 90.0 Å². The van der Waals surface area contributed by atoms with Gasteiger partial charge in [-0.1, -0.05) is 71.2 Å². The summed E-state index contributed by atoms with van der Waals surface area (Å²) in [4.78, 5) is 29.1. The third-order valence-corrected chi connectivity index (χ3v) is 6.72. The van der Waals surface area contributed by atoms with Gasteiger partial charge in [-0.3, -0.25) is 4.79 Å². The van der Waals surface area contributed by atoms with Gasteiger partial charge in [0, 0.05) is 21.5 Å². The Bertz CT molecular complexity index is 1780. The summed E-state index contributed by atoms with van der Waals surface area (Å²) in [6.07, 6.45) is 1.47. The summed E-state index contributed by atoms with van der Waals surface area (Å²) in [5.41, 5.74) is 6.98. The largest absolute Gasteiger partial charge is 0.490 e. The molecule has 9 heteroatoms. The topological polar surface area (TPSA) is 92.8 Å². The molecule has 0 aliphatic rings. The Kier molecular flexibility index (Phi) is 8.38. The number of halogens is 2. The number of carbonyl (C=O) groups excluding carboxylic acids is 2. The Hall–Kier alpha value is -4.59. The third-order valence-electron chi connectivity index (χ3n) is 6.21. The number of ether oxygens (including phenoxy) is 2. The van der Waals surface area contributed by atoms with Crippen molar-refractivity contribution in [3.8, 4) is 22.6 Å². The summed E-state index contributed by atoms with van der Waals surface area (Å²) < 4.78 is 11.3. The Morgan fingerprint density at radius 1 is 0.951 bits per heavy atom. The molecule has 1 amide bonds. The maximum Gasteiger partial charge on any atom is 0.343 e. The summed E-state index contributed by atoms with van der Waals surface area (Å²) in [7, 11) is 0. The van der Waals surface area contributed by atoms with Gasteiger partial charge in [-0.15, -0.1) is 0 Å². The number of esters is 1. The Morgan fingerprint density at radius 3 is 2.51 bits per heavy atom. The van der Waals surface area contributed by atoms with Crippen LogP contribution in [0.3, 0.4) is 0 Å². The van der Waals surface area contributed by atoms with E-state index in [0.29, 0.717) is 55.7 Å². The number of carbonyl (C=O) groups is 2. The summed E-state index contributed by atoms with van der Waals surface area (Å²) in [6, 6.07) is 25.0. The summed E-state index contributed by atoms with van der Waals surface area (Å²) in [6.45, 7) is 4.10. The zero-order valence-corrected chi connectivity index (χ0v) is 23.7. The number of aromatic nitrogens is 1. The van der Waals surface area contributed by atoms with Crippen molar-refractivity contribution in [1.82, 2.24) is 10.4 Å². The molecule has 0 saturated heterocycles. The van der Waals surface area contributed by atoms with Crippen LogP contribution in [0.1, 0.15) is 38.9 Å². The van der Waals surface area contributed by atoms with E-state index in [0.717, 1.165) is 11.1 Å². The fourth-order valence-corrected chi connectivity index (χ4v) is 5.01. The lowest BCUT2D eigenvalue weighted by Gasteiger charge is -2.11. The predicted molar refractivity (Wildman–Crippen MR) is 163 cm³/mol. The number of amides is 1. The van der Waals surface area contributed by atoms with E-state index < -0.39 is 11.9 Å². The van der Waals surface area contributed by atoms with E-state index >= 15 is 0 Å². The van der Waals surface area contributed by atoms with Crippen molar-refractivity contribution in [2.75, 3.05) is 6.61 Å². The highest BCUT2D eigenvalue weighted by atomic mass is 35.5. The average Bonchev–Trinajstić information content (AvgIpc) is 3.35. The van der Waals surface area contributed by atoms with Crippen molar-refractivity contribution in [3.63, 3.8) is 0 Å². The van der Waals surface area contributed by atoms with Gasteiger partial charge in [-0.2, -0.15) is 5.10 Å². The van der Waals surface area contributed by atoms with Crippen molar-refractivity contribution in [2.45, 2.75) is 13.8 Å². The Labute approximate surface area is 246 Å². The van der Waals surface area contributed by atoms with Gasteiger partial charge in [0.05, 0.1) is 23.4 Å². The number of benzene rings is 4. The Morgan fingerprint density at radius 2 is 1.76 bits per heavy atom. The van der Waals surface area contributed by atoms with Crippen molar-refractivity contribution < 1.29 is 19.1 Å². The molecular formula is C32H25Cl2N3O4. The van der Waals surface area contributed by atoms with E-state index in [1.807, 2.05) is 50.2 Å². The summed E-state index contributed by atoms with van der Waals surface area (Å²) >= 11 is 12.7. The van der Waals surface area contributed by atoms with E-state index in [-0.39, 0.29) is 5.75 Å². The van der Waals surface area contributed by atoms with Gasteiger partial charge in [-0.25, -0.2) is 10.2 Å². The smallest absolute Gasteiger partial charge is 0.343 e. The van der Waals surface area contributed by atoms with Gasteiger partial charge in [0.15, 0.2) is 11.5 Å². The summed E-state index contributed by atoms with van der Waals surface area (Å²) in [5.74, 6) is -0.299. The molecule has 5 rings (SSSR count). The maximum absolute atomic E-state index is 13.3. The van der Waals surface area contributed by atoms with Crippen LogP contribution in [0.2, 0.25) is 10.0 Å². The molecule has 2 N–H and O–H groups in total. The van der Waals surface area contributed by atoms with E-state index in [2.05, 4.69) is 15.5 Å². The first-order valence-corrected chi connectivity index (χ1v) is 13.5. The van der Waals surface area contributed by atoms with Gasteiger partial charge in [0.25, 0.3) is 5.91 Å². The van der Waals surface area contributed by atoms with Gasteiger partial charge in [0.2, 0.25) is 0 Å². The molecule has 1 heterocycles. The number of hydrogen-bond donors (Lipinski definition) is 2. The number of hydrazone groups is 1. The van der Waals surface area contributed by atoms with Gasteiger partial charge in [0.1, 0.15) is 5.69 Å². The van der Waals surface area contributed by atoms with E-state index in [4.69, 9.17) is 32.7 Å². The predicted octanol–water partition coefficient (Wildman–Crippen LogP) is 7.83. The molecule has 7 nitrogen and oxygen atoms in total. The molecule has 0 bridgehead atoms. The van der Waals surface area contributed by atoms with Crippen molar-refractivity contribution in [3.05, 3.63) is 117 Å². The molecule has 0 saturated carbocycles. The number of fused-ring (bicyclic) bond motifs is 1. The minimum Gasteiger partial charge on any atom is -0.490 e. The number of hydrogen-bond acceptors (Lipinski definition) is 5. The van der Waals surface area contributed by atoms with Crippen LogP contribution in [0.4, 0.5) is 0 Å². The molecule has 1 aromatic heterocycles. The van der Waals surface area contributed by atoms with Crippen molar-refractivity contribution in [1.29, 1.82) is 0 Å². The van der Waals surface area contributed by atoms with Gasteiger partial charge < -0.3 is 14.5 Å². The minimum absolute atomic E-state index is 0.278. The minimum atomic E-state index is -0.489. The second kappa shape index (κ2) is 12.3. The van der Waals surface area contributed by atoms with Crippen LogP contribution in [-0.4, -0.2) is 29.7 Å². The molecule has 0 aliphatic carbocycles. The number of H-pyrrole nitrogens is 1. The average molecular weight is 586 g/mol. The molecular weight excluding hydrogens is 561 g/mol. The highest BCUT2D eigenvalue weighted by molar-refractivity contribution is 6.40. The van der Waals surface area contributed by atoms with E-state index in [1.54, 1.807) is 48.5 Å². The van der Waals surface area contributed by atoms with E-state index in [1.165, 1.54) is 6.21 Å². The van der Waals surface area contributed by atoms with Gasteiger partial charge >= 0.3 is 5.97 Å². The molecule has 206 valence electrons. The first kappa shape index (κ1) is 28.0. The number of aryl methyl sites for hydroxylation is 1. The first-order chi connectivity index (χ1) is 19.8. The highest BCUT2D eigenvalue weighted by Crippen LogP contribution is 2.38. The zero-order valence-electron chi connectivity index (χ0n) is 22.2. The normalized spacial score (nSPS) is 11.1. The molecule has 0 spiro atoms. The van der Waals surface area contributed by atoms with E-state index in [9.17, 15) is 9.59 Å². The number of aromatic amines is 1. The standard InChI is InChI=1S/C32H25Cl2N3O4/c1-3-40-27-15-20(12-13-26(27)41-32(39)22-11-7-8-19(2)14-22)18-35-37-31(38)30-28(21-9-5-4-6-10-21)29-24(34)16-23(33)17-25(29)36-30/h4-18,36H,3H2,1-2H3,(H,37,38). The van der Waals surface area contributed by atoms with Crippen molar-refractivity contribution in [2.24, 2.45) is 5.10 Å². The van der Waals surface area contributed by atoms with Crippen molar-refractivity contribution >= 4 is 52.2 Å². The van der Waals surface area contributed by atoms with Crippen LogP contribution in [0.5, 0.6) is 11.5 Å². The lowest BCUT2D eigenvalue weighted by Crippen LogP contribution is -2.18. The number of nitrogens with one attached hydrogen (secondary N) is 2. The quantitative estimate of drug-likeness (QED) is 0.0839. The Balaban J connectivity index is 1.38. The molecule has 0 radical (unpaired) electrons. The highest BCUT2D eigenvalue weighted by Gasteiger charge is 2.21. The first-order valence-electron chi connectivity index (χ1n) is 12.8. The third kappa shape index (κ3) is 6.27. The van der Waals surface area contributed by atoms with Crippen LogP contribution in [0.25, 0.3) is 22.0 Å². The molecule has 0 fully saturated rings. The second-order valence-electron chi connectivity index (χ2n) is 9.15. The fraction of sp³-hybridized carbons (Fsp3) is 0.0938. The maximum atomic E-state index is 13.3. The number of rotatable bonds is 8. The fourth-order valence-electron chi connectivity index (χ4n) is 4.42. The zero-order chi connectivity index (χ0) is 28.9. The number of nitrogens with zero attached hydrogens (tertiary/aromatic N) is 1. The molecule has 5 aromatic rings. The molecule has 41 heavy (non-hydrogen) atoms. The van der Waals surface area contributed by atoms with Crippen LogP contribution in [0, 0.1) is 6.92 Å². The lowest BCUT2D eigenvalue weighted by atomic mass is 10.0. The molecule has 0 atom stereocenters. The monoisotopic (exact) mass is 585 g/mol. The van der Waals surface area contributed by atoms with Gasteiger partial charge in [-0.05, 0) is 67.4 Å². The summed E-state index contributed by atoms with van der Waals surface area (Å²) in [5, 5.41) is 5.71. The lowest BCUT2D eigenvalue weighted by molar-refractivity contribution is 0.0728. The van der Waals surface area contributed by atoms with Crippen LogP contribution < -0.4 is 14.9 Å². The second-order valence-corrected chi connectivity index (χ2v) is 9.99. The SMILES string of the molecule is CCOc1cc(C=NNC(=O)c2[nH]c3cc(Cl)cc(Cl)c3c2-c2ccccc2)ccc1OC(=O)c1cccc(C)c1. The molecule has 4 aromatic carbocycles. The van der Waals surface area contributed by atoms with Crippen LogP contribution >= 0.6 is 23.2 Å². The van der Waals surface area contributed by atoms with Crippen LogP contribution in [-0.2, 0) is 0 Å². The molecule has 0 unspecified atom stereocenters. The molecule has 0 aliphatic heterocycles.